The largest absolute Gasteiger partial charge is 0.427 e. The molecule has 1 amide bonds. The summed E-state index contributed by atoms with van der Waals surface area (Å²) in [6.45, 7) is 9.69. The molecule has 0 bridgehead atoms. The molecule has 1 unspecified atom stereocenters. The first-order valence-electron chi connectivity index (χ1n) is 12.9. The van der Waals surface area contributed by atoms with Crippen molar-refractivity contribution in [1.29, 1.82) is 0 Å². The molecule has 210 valence electrons. The maximum Gasteiger partial charge on any atom is 0.411 e. The average molecular weight is 542 g/mol. The van der Waals surface area contributed by atoms with Crippen LogP contribution >= 0.6 is 12.2 Å². The summed E-state index contributed by atoms with van der Waals surface area (Å²) in [7, 11) is 3.44. The number of hydrogen-bond donors (Lipinski definition) is 1. The number of aliphatic hydroxyl groups is 1. The monoisotopic (exact) mass is 541 g/mol. The molecule has 0 saturated heterocycles. The molecule has 0 aliphatic carbocycles. The molecule has 0 aromatic carbocycles. The Morgan fingerprint density at radius 3 is 2.41 bits per heavy atom. The van der Waals surface area contributed by atoms with Gasteiger partial charge in [-0.1, -0.05) is 26.7 Å². The second-order valence-corrected chi connectivity index (χ2v) is 9.74. The summed E-state index contributed by atoms with van der Waals surface area (Å²) in [4.78, 5) is 29.2. The number of rotatable bonds is 16. The maximum absolute atomic E-state index is 13.5. The molecule has 37 heavy (non-hydrogen) atoms. The smallest absolute Gasteiger partial charge is 0.411 e. The van der Waals surface area contributed by atoms with Gasteiger partial charge in [-0.25, -0.2) is 9.36 Å². The van der Waals surface area contributed by atoms with Gasteiger partial charge in [0.05, 0.1) is 18.2 Å². The van der Waals surface area contributed by atoms with E-state index in [1.165, 1.54) is 9.47 Å². The fourth-order valence-electron chi connectivity index (χ4n) is 3.70. The van der Waals surface area contributed by atoms with E-state index >= 15 is 0 Å². The number of hydrogen-bond acceptors (Lipinski definition) is 8. The molecule has 0 saturated carbocycles. The zero-order valence-electron chi connectivity index (χ0n) is 23.0. The number of aromatic nitrogens is 3. The summed E-state index contributed by atoms with van der Waals surface area (Å²) in [6, 6.07) is 1.79. The predicted molar refractivity (Wildman–Crippen MR) is 145 cm³/mol. The normalized spacial score (nSPS) is 12.6. The van der Waals surface area contributed by atoms with Crippen LogP contribution < -0.4 is 5.56 Å². The van der Waals surface area contributed by atoms with Gasteiger partial charge >= 0.3 is 6.09 Å². The van der Waals surface area contributed by atoms with Gasteiger partial charge in [-0.2, -0.15) is 0 Å². The highest BCUT2D eigenvalue weighted by Gasteiger charge is 2.18. The molecule has 11 nitrogen and oxygen atoms in total. The number of aliphatic hydroxyl groups excluding tert-OH is 1. The fraction of sp³-hybridized carbons (Fsp3) is 0.720. The summed E-state index contributed by atoms with van der Waals surface area (Å²) in [5.74, 6) is 0. The molecule has 0 aliphatic rings. The Morgan fingerprint density at radius 1 is 1.08 bits per heavy atom. The van der Waals surface area contributed by atoms with Gasteiger partial charge in [0.15, 0.2) is 11.5 Å². The lowest BCUT2D eigenvalue weighted by Crippen LogP contribution is -2.35. The van der Waals surface area contributed by atoms with Crippen LogP contribution in [0.2, 0.25) is 0 Å². The van der Waals surface area contributed by atoms with Gasteiger partial charge < -0.3 is 33.4 Å². The number of unbranched alkanes of at least 4 members (excludes halogenated alkanes) is 2. The quantitative estimate of drug-likeness (QED) is 0.254. The van der Waals surface area contributed by atoms with E-state index in [0.717, 1.165) is 25.7 Å². The van der Waals surface area contributed by atoms with Crippen molar-refractivity contribution in [2.45, 2.75) is 85.9 Å². The molecule has 2 aromatic rings. The third-order valence-electron chi connectivity index (χ3n) is 5.99. The lowest BCUT2D eigenvalue weighted by Gasteiger charge is -2.23. The van der Waals surface area contributed by atoms with Crippen molar-refractivity contribution in [2.75, 3.05) is 33.8 Å². The zero-order valence-corrected chi connectivity index (χ0v) is 23.8. The van der Waals surface area contributed by atoms with Crippen LogP contribution in [0.25, 0.3) is 11.0 Å². The highest BCUT2D eigenvalue weighted by Crippen LogP contribution is 2.15. The van der Waals surface area contributed by atoms with Crippen molar-refractivity contribution in [3.05, 3.63) is 27.4 Å². The Bertz CT molecular complexity index is 1110. The number of carbonyl (C=O) groups is 1. The summed E-state index contributed by atoms with van der Waals surface area (Å²) in [5.41, 5.74) is 0.534. The van der Waals surface area contributed by atoms with Crippen LogP contribution in [-0.4, -0.2) is 81.0 Å². The molecule has 0 radical (unpaired) electrons. The van der Waals surface area contributed by atoms with Crippen molar-refractivity contribution in [3.63, 3.8) is 0 Å². The van der Waals surface area contributed by atoms with E-state index in [1.807, 2.05) is 20.8 Å². The lowest BCUT2D eigenvalue weighted by molar-refractivity contribution is -0.203. The molecular formula is C25H43N5O6S. The molecule has 0 spiro atoms. The van der Waals surface area contributed by atoms with E-state index in [1.54, 1.807) is 40.4 Å². The minimum atomic E-state index is -1.12. The lowest BCUT2D eigenvalue weighted by atomic mass is 10.3. The van der Waals surface area contributed by atoms with Crippen LogP contribution in [0, 0.1) is 4.77 Å². The Hall–Kier alpha value is -2.25. The molecule has 1 N–H and O–H groups in total. The second kappa shape index (κ2) is 15.2. The van der Waals surface area contributed by atoms with Crippen molar-refractivity contribution in [1.82, 2.24) is 23.5 Å². The van der Waals surface area contributed by atoms with Gasteiger partial charge in [0.25, 0.3) is 5.56 Å². The minimum absolute atomic E-state index is 0.0411. The summed E-state index contributed by atoms with van der Waals surface area (Å²) < 4.78 is 21.7. The van der Waals surface area contributed by atoms with Gasteiger partial charge in [0, 0.05) is 32.9 Å². The SMILES string of the molecule is CCCCN(C)C(=O)OCn1c(=O)c2c(ccn2COC(O)N(C)CCCC)n(CCOC(C)C)c1=S. The summed E-state index contributed by atoms with van der Waals surface area (Å²) in [6.07, 6.45) is 3.85. The van der Waals surface area contributed by atoms with Crippen LogP contribution in [0.4, 0.5) is 4.79 Å². The highest BCUT2D eigenvalue weighted by molar-refractivity contribution is 7.71. The first kappa shape index (κ1) is 31.0. The molecule has 0 fully saturated rings. The van der Waals surface area contributed by atoms with Gasteiger partial charge in [0.1, 0.15) is 12.2 Å². The Morgan fingerprint density at radius 2 is 1.76 bits per heavy atom. The van der Waals surface area contributed by atoms with E-state index in [4.69, 9.17) is 26.4 Å². The number of nitrogens with zero attached hydrogens (tertiary/aromatic N) is 5. The van der Waals surface area contributed by atoms with E-state index in [9.17, 15) is 14.7 Å². The molecule has 12 heteroatoms. The molecule has 1 atom stereocenters. The molecule has 0 aliphatic heterocycles. The van der Waals surface area contributed by atoms with E-state index in [0.29, 0.717) is 37.3 Å². The predicted octanol–water partition coefficient (Wildman–Crippen LogP) is 3.57. The molecule has 2 heterocycles. The first-order valence-corrected chi connectivity index (χ1v) is 13.3. The van der Waals surface area contributed by atoms with E-state index in [2.05, 4.69) is 6.92 Å². The molecule has 2 rings (SSSR count). The van der Waals surface area contributed by atoms with Crippen molar-refractivity contribution < 1.29 is 24.1 Å². The third-order valence-corrected chi connectivity index (χ3v) is 6.43. The molecule has 2 aromatic heterocycles. The minimum Gasteiger partial charge on any atom is -0.427 e. The van der Waals surface area contributed by atoms with Gasteiger partial charge in [-0.15, -0.1) is 0 Å². The van der Waals surface area contributed by atoms with Crippen LogP contribution in [0.15, 0.2) is 17.1 Å². The fourth-order valence-corrected chi connectivity index (χ4v) is 4.03. The molecular weight excluding hydrogens is 498 g/mol. The van der Waals surface area contributed by atoms with E-state index in [-0.39, 0.29) is 24.3 Å². The average Bonchev–Trinajstić information content (AvgIpc) is 3.29. The summed E-state index contributed by atoms with van der Waals surface area (Å²) in [5, 5.41) is 10.4. The van der Waals surface area contributed by atoms with Crippen molar-refractivity contribution in [3.8, 4) is 0 Å². The van der Waals surface area contributed by atoms with Gasteiger partial charge in [-0.05, 0) is 52.0 Å². The first-order chi connectivity index (χ1) is 17.6. The van der Waals surface area contributed by atoms with Crippen LogP contribution in [0.5, 0.6) is 0 Å². The summed E-state index contributed by atoms with van der Waals surface area (Å²) >= 11 is 5.64. The second-order valence-electron chi connectivity index (χ2n) is 9.38. The highest BCUT2D eigenvalue weighted by atomic mass is 32.1. The van der Waals surface area contributed by atoms with E-state index < -0.39 is 18.1 Å². The van der Waals surface area contributed by atoms with Crippen LogP contribution in [-0.2, 0) is 34.2 Å². The number of fused-ring (bicyclic) bond motifs is 1. The topological polar surface area (TPSA) is 103 Å². The number of amides is 1. The maximum atomic E-state index is 13.5. The van der Waals surface area contributed by atoms with Crippen LogP contribution in [0.1, 0.15) is 53.4 Å². The van der Waals surface area contributed by atoms with Crippen molar-refractivity contribution >= 4 is 29.3 Å². The standard InChI is InChI=1S/C25H43N5O6S/c1-7-9-12-26(5)24(32)35-17-28-14-11-20-21(28)22(31)30(18-36-25(33)27(6)13-10-8-2)23(37)29(20)15-16-34-19(3)4/h11,14,19,24,32H,7-10,12-13,15-18H2,1-6H3. The van der Waals surface area contributed by atoms with Gasteiger partial charge in [0.2, 0.25) is 6.41 Å². The van der Waals surface area contributed by atoms with Crippen molar-refractivity contribution in [2.24, 2.45) is 0 Å². The Labute approximate surface area is 224 Å². The number of carbonyl (C=O) groups excluding carboxylic acids is 1. The Balaban J connectivity index is 2.37. The van der Waals surface area contributed by atoms with Crippen LogP contribution in [0.3, 0.4) is 0 Å². The number of ether oxygens (including phenoxy) is 3. The van der Waals surface area contributed by atoms with Gasteiger partial charge in [-0.3, -0.25) is 9.69 Å². The zero-order chi connectivity index (χ0) is 27.5. The third kappa shape index (κ3) is 8.64. The Kier molecular flexibility index (Phi) is 12.7.